The van der Waals surface area contributed by atoms with Crippen LogP contribution in [0.4, 0.5) is 5.00 Å². The van der Waals surface area contributed by atoms with Crippen molar-refractivity contribution in [3.63, 3.8) is 0 Å². The second-order valence-corrected chi connectivity index (χ2v) is 9.32. The summed E-state index contributed by atoms with van der Waals surface area (Å²) in [6, 6.07) is 7.03. The molecule has 0 unspecified atom stereocenters. The summed E-state index contributed by atoms with van der Waals surface area (Å²) >= 11 is 8.46. The van der Waals surface area contributed by atoms with Crippen LogP contribution in [-0.4, -0.2) is 27.8 Å². The highest BCUT2D eigenvalue weighted by Crippen LogP contribution is 2.37. The first kappa shape index (κ1) is 20.9. The molecule has 2 amide bonds. The second kappa shape index (κ2) is 9.20. The summed E-state index contributed by atoms with van der Waals surface area (Å²) in [5.74, 6) is -0.331. The van der Waals surface area contributed by atoms with Crippen molar-refractivity contribution < 1.29 is 14.0 Å². The lowest BCUT2D eigenvalue weighted by Crippen LogP contribution is -2.19. The number of amides is 2. The first-order valence-corrected chi connectivity index (χ1v) is 11.7. The van der Waals surface area contributed by atoms with Crippen LogP contribution in [0.3, 0.4) is 0 Å². The topological polar surface area (TPSA) is 111 Å². The Morgan fingerprint density at radius 3 is 2.70 bits per heavy atom. The number of carbonyl (C=O) groups excluding carboxylic acids is 2. The molecule has 3 N–H and O–H groups in total. The number of nitrogens with zero attached hydrogens (tertiary/aromatic N) is 2. The van der Waals surface area contributed by atoms with Gasteiger partial charge in [0.2, 0.25) is 11.8 Å². The Morgan fingerprint density at radius 2 is 1.93 bits per heavy atom. The van der Waals surface area contributed by atoms with Gasteiger partial charge in [0.15, 0.2) is 0 Å². The standard InChI is InChI=1S/C20H19ClN4O3S2/c21-12-8-6-11(7-9-12)18-24-25-20(28-18)29-10-15(26)23-19-16(17(22)27)13-4-2-1-3-5-14(13)30-19/h6-9H,1-5,10H2,(H2,22,27)(H,23,26). The third-order valence-corrected chi connectivity index (χ3v) is 7.02. The number of aromatic nitrogens is 2. The molecular formula is C20H19ClN4O3S2. The van der Waals surface area contributed by atoms with Gasteiger partial charge in [-0.3, -0.25) is 9.59 Å². The van der Waals surface area contributed by atoms with Gasteiger partial charge < -0.3 is 15.5 Å². The SMILES string of the molecule is NC(=O)c1c(NC(=O)CSc2nnc(-c3ccc(Cl)cc3)o2)sc2c1CCCCC2. The van der Waals surface area contributed by atoms with Crippen LogP contribution in [0.25, 0.3) is 11.5 Å². The van der Waals surface area contributed by atoms with Crippen molar-refractivity contribution in [1.82, 2.24) is 10.2 Å². The van der Waals surface area contributed by atoms with Gasteiger partial charge in [0.25, 0.3) is 11.1 Å². The van der Waals surface area contributed by atoms with Crippen molar-refractivity contribution in [1.29, 1.82) is 0 Å². The fourth-order valence-electron chi connectivity index (χ4n) is 3.36. The number of primary amides is 1. The lowest BCUT2D eigenvalue weighted by molar-refractivity contribution is -0.113. The Balaban J connectivity index is 1.41. The fraction of sp³-hybridized carbons (Fsp3) is 0.300. The molecule has 0 saturated carbocycles. The minimum absolute atomic E-state index is 0.0724. The zero-order valence-corrected chi connectivity index (χ0v) is 18.3. The summed E-state index contributed by atoms with van der Waals surface area (Å²) in [5, 5.41) is 12.2. The second-order valence-electron chi connectivity index (χ2n) is 6.85. The van der Waals surface area contributed by atoms with E-state index in [-0.39, 0.29) is 16.9 Å². The Kier molecular flexibility index (Phi) is 6.40. The number of hydrogen-bond donors (Lipinski definition) is 2. The van der Waals surface area contributed by atoms with Crippen LogP contribution in [0.5, 0.6) is 0 Å². The van der Waals surface area contributed by atoms with Gasteiger partial charge in [-0.1, -0.05) is 29.8 Å². The van der Waals surface area contributed by atoms with Gasteiger partial charge in [-0.05, 0) is 55.5 Å². The Labute approximate surface area is 186 Å². The van der Waals surface area contributed by atoms with Crippen molar-refractivity contribution in [3.05, 3.63) is 45.3 Å². The Bertz CT molecular complexity index is 1080. The van der Waals surface area contributed by atoms with E-state index in [1.54, 1.807) is 24.3 Å². The van der Waals surface area contributed by atoms with Crippen molar-refractivity contribution in [2.45, 2.75) is 37.3 Å². The number of carbonyl (C=O) groups is 2. The summed E-state index contributed by atoms with van der Waals surface area (Å²) < 4.78 is 5.60. The first-order valence-electron chi connectivity index (χ1n) is 9.47. The maximum atomic E-state index is 12.5. The zero-order chi connectivity index (χ0) is 21.1. The van der Waals surface area contributed by atoms with Gasteiger partial charge in [0.1, 0.15) is 5.00 Å². The monoisotopic (exact) mass is 462 g/mol. The molecular weight excluding hydrogens is 444 g/mol. The summed E-state index contributed by atoms with van der Waals surface area (Å²) in [5.41, 5.74) is 7.81. The van der Waals surface area contributed by atoms with Gasteiger partial charge >= 0.3 is 0 Å². The largest absolute Gasteiger partial charge is 0.411 e. The van der Waals surface area contributed by atoms with E-state index in [1.807, 2.05) is 0 Å². The van der Waals surface area contributed by atoms with E-state index in [2.05, 4.69) is 15.5 Å². The highest BCUT2D eigenvalue weighted by molar-refractivity contribution is 7.99. The minimum Gasteiger partial charge on any atom is -0.411 e. The Morgan fingerprint density at radius 1 is 1.17 bits per heavy atom. The van der Waals surface area contributed by atoms with Gasteiger partial charge in [-0.25, -0.2) is 0 Å². The van der Waals surface area contributed by atoms with E-state index < -0.39 is 5.91 Å². The molecule has 0 atom stereocenters. The number of rotatable bonds is 6. The van der Waals surface area contributed by atoms with E-state index >= 15 is 0 Å². The predicted molar refractivity (Wildman–Crippen MR) is 118 cm³/mol. The molecule has 1 aliphatic carbocycles. The highest BCUT2D eigenvalue weighted by atomic mass is 35.5. The number of benzene rings is 1. The number of aryl methyl sites for hydroxylation is 1. The molecule has 2 aromatic heterocycles. The summed E-state index contributed by atoms with van der Waals surface area (Å²) in [4.78, 5) is 25.6. The zero-order valence-electron chi connectivity index (χ0n) is 15.9. The lowest BCUT2D eigenvalue weighted by Gasteiger charge is -2.05. The van der Waals surface area contributed by atoms with E-state index in [1.165, 1.54) is 11.3 Å². The van der Waals surface area contributed by atoms with Crippen LogP contribution < -0.4 is 11.1 Å². The van der Waals surface area contributed by atoms with Crippen LogP contribution in [0.15, 0.2) is 33.9 Å². The molecule has 0 saturated heterocycles. The molecule has 0 fully saturated rings. The normalized spacial score (nSPS) is 13.5. The Hall–Kier alpha value is -2.36. The number of thioether (sulfide) groups is 1. The van der Waals surface area contributed by atoms with Gasteiger partial charge in [-0.15, -0.1) is 21.5 Å². The summed E-state index contributed by atoms with van der Waals surface area (Å²) in [7, 11) is 0. The van der Waals surface area contributed by atoms with Crippen molar-refractivity contribution in [2.75, 3.05) is 11.1 Å². The van der Waals surface area contributed by atoms with E-state index in [0.29, 0.717) is 21.5 Å². The smallest absolute Gasteiger partial charge is 0.277 e. The molecule has 7 nitrogen and oxygen atoms in total. The number of nitrogens with one attached hydrogen (secondary N) is 1. The molecule has 0 radical (unpaired) electrons. The number of fused-ring (bicyclic) bond motifs is 1. The number of anilines is 1. The van der Waals surface area contributed by atoms with Crippen LogP contribution in [0.2, 0.25) is 5.02 Å². The number of thiophene rings is 1. The molecule has 3 aromatic rings. The number of hydrogen-bond acceptors (Lipinski definition) is 7. The molecule has 1 aliphatic rings. The first-order chi connectivity index (χ1) is 14.5. The van der Waals surface area contributed by atoms with Crippen LogP contribution in [-0.2, 0) is 17.6 Å². The number of nitrogens with two attached hydrogens (primary N) is 1. The van der Waals surface area contributed by atoms with Crippen LogP contribution >= 0.6 is 34.7 Å². The predicted octanol–water partition coefficient (Wildman–Crippen LogP) is 4.55. The molecule has 30 heavy (non-hydrogen) atoms. The maximum Gasteiger partial charge on any atom is 0.277 e. The molecule has 4 rings (SSSR count). The minimum atomic E-state index is -0.498. The third-order valence-electron chi connectivity index (χ3n) is 4.75. The van der Waals surface area contributed by atoms with Crippen molar-refractivity contribution in [2.24, 2.45) is 5.73 Å². The average molecular weight is 463 g/mol. The fourth-order valence-corrected chi connectivity index (χ4v) is 5.36. The van der Waals surface area contributed by atoms with Gasteiger partial charge in [0.05, 0.1) is 11.3 Å². The van der Waals surface area contributed by atoms with E-state index in [9.17, 15) is 9.59 Å². The van der Waals surface area contributed by atoms with Crippen LogP contribution in [0.1, 0.15) is 40.1 Å². The summed E-state index contributed by atoms with van der Waals surface area (Å²) in [6.45, 7) is 0. The van der Waals surface area contributed by atoms with Crippen LogP contribution in [0, 0.1) is 0 Å². The summed E-state index contributed by atoms with van der Waals surface area (Å²) in [6.07, 6.45) is 4.99. The average Bonchev–Trinajstić information content (AvgIpc) is 3.25. The molecule has 2 heterocycles. The molecule has 0 bridgehead atoms. The van der Waals surface area contributed by atoms with Gasteiger partial charge in [0, 0.05) is 15.5 Å². The number of halogens is 1. The lowest BCUT2D eigenvalue weighted by atomic mass is 10.1. The molecule has 10 heteroatoms. The van der Waals surface area contributed by atoms with E-state index in [0.717, 1.165) is 59.9 Å². The molecule has 0 aliphatic heterocycles. The van der Waals surface area contributed by atoms with Crippen molar-refractivity contribution >= 4 is 51.5 Å². The third kappa shape index (κ3) is 4.69. The van der Waals surface area contributed by atoms with Gasteiger partial charge in [-0.2, -0.15) is 0 Å². The molecule has 156 valence electrons. The quantitative estimate of drug-likeness (QED) is 0.410. The highest BCUT2D eigenvalue weighted by Gasteiger charge is 2.24. The van der Waals surface area contributed by atoms with Crippen molar-refractivity contribution in [3.8, 4) is 11.5 Å². The van der Waals surface area contributed by atoms with E-state index in [4.69, 9.17) is 21.8 Å². The maximum absolute atomic E-state index is 12.5. The molecule has 0 spiro atoms. The molecule has 1 aromatic carbocycles.